The summed E-state index contributed by atoms with van der Waals surface area (Å²) in [7, 11) is 3.15. The van der Waals surface area contributed by atoms with Gasteiger partial charge in [0.2, 0.25) is 5.91 Å². The predicted molar refractivity (Wildman–Crippen MR) is 111 cm³/mol. The number of rotatable bonds is 10. The maximum absolute atomic E-state index is 12.1. The molecule has 27 heavy (non-hydrogen) atoms. The Morgan fingerprint density at radius 1 is 0.926 bits per heavy atom. The first kappa shape index (κ1) is 20.4. The standard InChI is InChI=1S/C21H29N3O3/c1-5-24(6-2)18-10-7-16(8-11-18)22-14-13-21(25)23-17-9-12-19(26-3)20(15-17)27-4/h7-12,15,22H,5-6,13-14H2,1-4H3,(H,23,25). The van der Waals surface area contributed by atoms with Gasteiger partial charge in [0.25, 0.3) is 0 Å². The number of hydrogen-bond donors (Lipinski definition) is 2. The lowest BCUT2D eigenvalue weighted by Crippen LogP contribution is -2.21. The van der Waals surface area contributed by atoms with Crippen LogP contribution in [0.3, 0.4) is 0 Å². The minimum absolute atomic E-state index is 0.0607. The van der Waals surface area contributed by atoms with E-state index >= 15 is 0 Å². The van der Waals surface area contributed by atoms with Crippen LogP contribution >= 0.6 is 0 Å². The molecular weight excluding hydrogens is 342 g/mol. The summed E-state index contributed by atoms with van der Waals surface area (Å²) in [6.07, 6.45) is 0.367. The van der Waals surface area contributed by atoms with Crippen LogP contribution in [-0.4, -0.2) is 39.8 Å². The molecule has 0 unspecified atom stereocenters. The first-order chi connectivity index (χ1) is 13.1. The Morgan fingerprint density at radius 2 is 1.56 bits per heavy atom. The van der Waals surface area contributed by atoms with Gasteiger partial charge in [-0.05, 0) is 50.2 Å². The molecule has 2 aromatic rings. The average molecular weight is 371 g/mol. The molecule has 0 aromatic heterocycles. The fourth-order valence-electron chi connectivity index (χ4n) is 2.84. The molecule has 0 heterocycles. The Morgan fingerprint density at radius 3 is 2.15 bits per heavy atom. The van der Waals surface area contributed by atoms with Crippen LogP contribution in [-0.2, 0) is 4.79 Å². The van der Waals surface area contributed by atoms with Crippen LogP contribution in [0.1, 0.15) is 20.3 Å². The van der Waals surface area contributed by atoms with Gasteiger partial charge in [-0.3, -0.25) is 4.79 Å². The molecule has 2 aromatic carbocycles. The van der Waals surface area contributed by atoms with E-state index < -0.39 is 0 Å². The molecule has 0 bridgehead atoms. The summed E-state index contributed by atoms with van der Waals surface area (Å²) >= 11 is 0. The molecule has 2 N–H and O–H groups in total. The summed E-state index contributed by atoms with van der Waals surface area (Å²) in [5, 5.41) is 6.15. The summed E-state index contributed by atoms with van der Waals surface area (Å²) in [4.78, 5) is 14.4. The molecule has 146 valence electrons. The van der Waals surface area contributed by atoms with Crippen LogP contribution < -0.4 is 25.0 Å². The Kier molecular flexibility index (Phi) is 7.79. The number of nitrogens with one attached hydrogen (secondary N) is 2. The van der Waals surface area contributed by atoms with Crippen molar-refractivity contribution >= 4 is 23.0 Å². The van der Waals surface area contributed by atoms with Crippen molar-refractivity contribution in [1.29, 1.82) is 0 Å². The predicted octanol–water partition coefficient (Wildman–Crippen LogP) is 3.99. The quantitative estimate of drug-likeness (QED) is 0.661. The van der Waals surface area contributed by atoms with Gasteiger partial charge in [0, 0.05) is 49.2 Å². The summed E-state index contributed by atoms with van der Waals surface area (Å²) in [6, 6.07) is 13.6. The van der Waals surface area contributed by atoms with E-state index in [-0.39, 0.29) is 5.91 Å². The fourth-order valence-corrected chi connectivity index (χ4v) is 2.84. The van der Waals surface area contributed by atoms with Crippen molar-refractivity contribution < 1.29 is 14.3 Å². The smallest absolute Gasteiger partial charge is 0.226 e. The van der Waals surface area contributed by atoms with E-state index in [0.29, 0.717) is 30.2 Å². The second-order valence-electron chi connectivity index (χ2n) is 6.01. The molecule has 0 aliphatic carbocycles. The molecular formula is C21H29N3O3. The third kappa shape index (κ3) is 5.81. The monoisotopic (exact) mass is 371 g/mol. The maximum atomic E-state index is 12.1. The van der Waals surface area contributed by atoms with Crippen LogP contribution in [0.2, 0.25) is 0 Å². The van der Waals surface area contributed by atoms with Crippen LogP contribution in [0.4, 0.5) is 17.1 Å². The first-order valence-electron chi connectivity index (χ1n) is 9.22. The van der Waals surface area contributed by atoms with E-state index in [0.717, 1.165) is 18.8 Å². The Hall–Kier alpha value is -2.89. The molecule has 0 aliphatic rings. The number of carbonyl (C=O) groups is 1. The van der Waals surface area contributed by atoms with Gasteiger partial charge in [-0.1, -0.05) is 0 Å². The number of ether oxygens (including phenoxy) is 2. The lowest BCUT2D eigenvalue weighted by molar-refractivity contribution is -0.115. The number of anilines is 3. The number of hydrogen-bond acceptors (Lipinski definition) is 5. The van der Waals surface area contributed by atoms with Crippen LogP contribution in [0, 0.1) is 0 Å². The largest absolute Gasteiger partial charge is 0.493 e. The zero-order valence-corrected chi connectivity index (χ0v) is 16.5. The van der Waals surface area contributed by atoms with Gasteiger partial charge in [-0.15, -0.1) is 0 Å². The number of methoxy groups -OCH3 is 2. The minimum atomic E-state index is -0.0607. The summed E-state index contributed by atoms with van der Waals surface area (Å²) in [5.41, 5.74) is 2.89. The molecule has 0 saturated carbocycles. The molecule has 6 nitrogen and oxygen atoms in total. The molecule has 0 saturated heterocycles. The molecule has 0 aliphatic heterocycles. The molecule has 1 amide bonds. The average Bonchev–Trinajstić information content (AvgIpc) is 2.70. The number of nitrogens with zero attached hydrogens (tertiary/aromatic N) is 1. The lowest BCUT2D eigenvalue weighted by Gasteiger charge is -2.21. The van der Waals surface area contributed by atoms with Crippen molar-refractivity contribution in [3.05, 3.63) is 42.5 Å². The maximum Gasteiger partial charge on any atom is 0.226 e. The second kappa shape index (κ2) is 10.3. The van der Waals surface area contributed by atoms with E-state index in [9.17, 15) is 4.79 Å². The molecule has 0 fully saturated rings. The van der Waals surface area contributed by atoms with E-state index in [1.807, 2.05) is 12.1 Å². The summed E-state index contributed by atoms with van der Waals surface area (Å²) in [5.74, 6) is 1.15. The Labute approximate surface area is 161 Å². The first-order valence-corrected chi connectivity index (χ1v) is 9.22. The minimum Gasteiger partial charge on any atom is -0.493 e. The molecule has 0 atom stereocenters. The van der Waals surface area contributed by atoms with Crippen LogP contribution in [0.25, 0.3) is 0 Å². The normalized spacial score (nSPS) is 10.2. The van der Waals surface area contributed by atoms with E-state index in [4.69, 9.17) is 9.47 Å². The Balaban J connectivity index is 1.82. The highest BCUT2D eigenvalue weighted by Crippen LogP contribution is 2.29. The van der Waals surface area contributed by atoms with Gasteiger partial charge in [0.15, 0.2) is 11.5 Å². The summed E-state index contributed by atoms with van der Waals surface area (Å²) < 4.78 is 10.4. The van der Waals surface area contributed by atoms with Gasteiger partial charge in [-0.2, -0.15) is 0 Å². The van der Waals surface area contributed by atoms with Crippen molar-refractivity contribution in [1.82, 2.24) is 0 Å². The highest BCUT2D eigenvalue weighted by atomic mass is 16.5. The second-order valence-corrected chi connectivity index (χ2v) is 6.01. The third-order valence-electron chi connectivity index (χ3n) is 4.34. The number of amides is 1. The highest BCUT2D eigenvalue weighted by Gasteiger charge is 2.07. The number of benzene rings is 2. The van der Waals surface area contributed by atoms with Crippen LogP contribution in [0.15, 0.2) is 42.5 Å². The summed E-state index contributed by atoms with van der Waals surface area (Å²) in [6.45, 7) is 6.82. The van der Waals surface area contributed by atoms with E-state index in [1.165, 1.54) is 5.69 Å². The van der Waals surface area contributed by atoms with Crippen molar-refractivity contribution in [2.75, 3.05) is 49.4 Å². The molecule has 6 heteroatoms. The Bertz CT molecular complexity index is 728. The van der Waals surface area contributed by atoms with Crippen molar-refractivity contribution in [3.63, 3.8) is 0 Å². The van der Waals surface area contributed by atoms with Gasteiger partial charge in [-0.25, -0.2) is 0 Å². The number of carbonyl (C=O) groups excluding carboxylic acids is 1. The van der Waals surface area contributed by atoms with Gasteiger partial charge < -0.3 is 25.0 Å². The third-order valence-corrected chi connectivity index (χ3v) is 4.34. The zero-order valence-electron chi connectivity index (χ0n) is 16.5. The van der Waals surface area contributed by atoms with Gasteiger partial charge in [0.05, 0.1) is 14.2 Å². The molecule has 2 rings (SSSR count). The van der Waals surface area contributed by atoms with Crippen molar-refractivity contribution in [3.8, 4) is 11.5 Å². The highest BCUT2D eigenvalue weighted by molar-refractivity contribution is 5.91. The van der Waals surface area contributed by atoms with Crippen molar-refractivity contribution in [2.24, 2.45) is 0 Å². The van der Waals surface area contributed by atoms with E-state index in [1.54, 1.807) is 32.4 Å². The topological polar surface area (TPSA) is 62.8 Å². The van der Waals surface area contributed by atoms with Crippen molar-refractivity contribution in [2.45, 2.75) is 20.3 Å². The van der Waals surface area contributed by atoms with Crippen LogP contribution in [0.5, 0.6) is 11.5 Å². The zero-order chi connectivity index (χ0) is 19.6. The lowest BCUT2D eigenvalue weighted by atomic mass is 10.2. The van der Waals surface area contributed by atoms with Gasteiger partial charge >= 0.3 is 0 Å². The van der Waals surface area contributed by atoms with Gasteiger partial charge in [0.1, 0.15) is 0 Å². The molecule has 0 spiro atoms. The molecule has 0 radical (unpaired) electrons. The SMILES string of the molecule is CCN(CC)c1ccc(NCCC(=O)Nc2ccc(OC)c(OC)c2)cc1. The fraction of sp³-hybridized carbons (Fsp3) is 0.381. The van der Waals surface area contributed by atoms with E-state index in [2.05, 4.69) is 41.5 Å².